The summed E-state index contributed by atoms with van der Waals surface area (Å²) in [7, 11) is 1.69. The van der Waals surface area contributed by atoms with E-state index in [2.05, 4.69) is 11.0 Å². The van der Waals surface area contributed by atoms with Crippen molar-refractivity contribution in [1.82, 2.24) is 4.90 Å². The zero-order chi connectivity index (χ0) is 8.10. The van der Waals surface area contributed by atoms with E-state index in [9.17, 15) is 0 Å². The van der Waals surface area contributed by atoms with Gasteiger partial charge in [0.25, 0.3) is 0 Å². The lowest BCUT2D eigenvalue weighted by molar-refractivity contribution is 0.151. The molecule has 0 heterocycles. The molecule has 1 fully saturated rings. The Morgan fingerprint density at radius 1 is 1.64 bits per heavy atom. The molecule has 0 aromatic rings. The van der Waals surface area contributed by atoms with E-state index in [-0.39, 0.29) is 0 Å². The summed E-state index contributed by atoms with van der Waals surface area (Å²) in [6.07, 6.45) is 2.51. The van der Waals surface area contributed by atoms with Crippen LogP contribution in [-0.4, -0.2) is 37.7 Å². The van der Waals surface area contributed by atoms with E-state index in [1.165, 1.54) is 12.8 Å². The molecule has 0 aromatic carbocycles. The summed E-state index contributed by atoms with van der Waals surface area (Å²) < 4.78 is 4.95. The lowest BCUT2D eigenvalue weighted by Gasteiger charge is -2.16. The molecular weight excluding hydrogens is 140 g/mol. The normalized spacial score (nSPS) is 16.8. The van der Waals surface area contributed by atoms with Crippen LogP contribution >= 0.6 is 0 Å². The Hall–Kier alpha value is -0.590. The lowest BCUT2D eigenvalue weighted by atomic mass is 10.4. The molecular formula is C8H14N2O. The Balaban J connectivity index is 2.16. The van der Waals surface area contributed by atoms with Crippen LogP contribution in [0.3, 0.4) is 0 Å². The third-order valence-electron chi connectivity index (χ3n) is 1.92. The molecule has 0 saturated heterocycles. The molecule has 0 spiro atoms. The molecule has 1 aliphatic carbocycles. The highest BCUT2D eigenvalue weighted by molar-refractivity contribution is 4.89. The Labute approximate surface area is 67.6 Å². The molecule has 1 rings (SSSR count). The fourth-order valence-corrected chi connectivity index (χ4v) is 1.13. The van der Waals surface area contributed by atoms with Gasteiger partial charge in [-0.3, -0.25) is 4.90 Å². The van der Waals surface area contributed by atoms with E-state index in [0.29, 0.717) is 12.6 Å². The molecule has 3 nitrogen and oxygen atoms in total. The predicted molar refractivity (Wildman–Crippen MR) is 42.1 cm³/mol. The highest BCUT2D eigenvalue weighted by Crippen LogP contribution is 2.25. The van der Waals surface area contributed by atoms with Gasteiger partial charge in [-0.05, 0) is 12.8 Å². The van der Waals surface area contributed by atoms with Crippen molar-refractivity contribution >= 4 is 0 Å². The van der Waals surface area contributed by atoms with Gasteiger partial charge in [0, 0.05) is 19.7 Å². The van der Waals surface area contributed by atoms with E-state index < -0.39 is 0 Å². The summed E-state index contributed by atoms with van der Waals surface area (Å²) in [4.78, 5) is 2.18. The Kier molecular flexibility index (Phi) is 3.34. The van der Waals surface area contributed by atoms with Crippen molar-refractivity contribution in [3.05, 3.63) is 0 Å². The molecule has 1 aliphatic rings. The number of rotatable bonds is 5. The Morgan fingerprint density at radius 2 is 2.36 bits per heavy atom. The first-order valence-corrected chi connectivity index (χ1v) is 3.98. The fraction of sp³-hybridized carbons (Fsp3) is 0.875. The van der Waals surface area contributed by atoms with Crippen LogP contribution < -0.4 is 0 Å². The third kappa shape index (κ3) is 2.87. The van der Waals surface area contributed by atoms with Crippen molar-refractivity contribution in [1.29, 1.82) is 5.26 Å². The van der Waals surface area contributed by atoms with Crippen LogP contribution in [0.2, 0.25) is 0 Å². The number of nitriles is 1. The van der Waals surface area contributed by atoms with Crippen LogP contribution in [0.15, 0.2) is 0 Å². The largest absolute Gasteiger partial charge is 0.383 e. The van der Waals surface area contributed by atoms with Gasteiger partial charge in [-0.2, -0.15) is 5.26 Å². The number of hydrogen-bond acceptors (Lipinski definition) is 3. The van der Waals surface area contributed by atoms with Crippen LogP contribution in [0, 0.1) is 11.3 Å². The molecule has 3 heteroatoms. The quantitative estimate of drug-likeness (QED) is 0.545. The topological polar surface area (TPSA) is 36.3 Å². The number of methoxy groups -OCH3 is 1. The van der Waals surface area contributed by atoms with E-state index in [4.69, 9.17) is 10.00 Å². The minimum atomic E-state index is 0.550. The molecule has 0 bridgehead atoms. The summed E-state index contributed by atoms with van der Waals surface area (Å²) in [6, 6.07) is 2.84. The number of hydrogen-bond donors (Lipinski definition) is 0. The Morgan fingerprint density at radius 3 is 2.82 bits per heavy atom. The van der Waals surface area contributed by atoms with Gasteiger partial charge in [0.05, 0.1) is 19.2 Å². The van der Waals surface area contributed by atoms with Gasteiger partial charge in [0.2, 0.25) is 0 Å². The Bertz CT molecular complexity index is 149. The number of ether oxygens (including phenoxy) is 1. The van der Waals surface area contributed by atoms with Crippen LogP contribution in [0.4, 0.5) is 0 Å². The summed E-state index contributed by atoms with van der Waals surface area (Å²) in [6.45, 7) is 2.18. The summed E-state index contributed by atoms with van der Waals surface area (Å²) >= 11 is 0. The minimum Gasteiger partial charge on any atom is -0.383 e. The summed E-state index contributed by atoms with van der Waals surface area (Å²) in [5.41, 5.74) is 0. The van der Waals surface area contributed by atoms with Crippen LogP contribution in [-0.2, 0) is 4.74 Å². The molecule has 62 valence electrons. The fourth-order valence-electron chi connectivity index (χ4n) is 1.13. The highest BCUT2D eigenvalue weighted by atomic mass is 16.5. The molecule has 0 amide bonds. The van der Waals surface area contributed by atoms with E-state index in [0.717, 1.165) is 13.2 Å². The van der Waals surface area contributed by atoms with Crippen molar-refractivity contribution in [2.45, 2.75) is 18.9 Å². The van der Waals surface area contributed by atoms with Crippen molar-refractivity contribution in [2.75, 3.05) is 26.8 Å². The first kappa shape index (κ1) is 8.51. The van der Waals surface area contributed by atoms with Gasteiger partial charge >= 0.3 is 0 Å². The summed E-state index contributed by atoms with van der Waals surface area (Å²) in [5.74, 6) is 0. The molecule has 0 N–H and O–H groups in total. The lowest BCUT2D eigenvalue weighted by Crippen LogP contribution is -2.29. The van der Waals surface area contributed by atoms with Crippen molar-refractivity contribution in [2.24, 2.45) is 0 Å². The summed E-state index contributed by atoms with van der Waals surface area (Å²) in [5, 5.41) is 8.48. The second-order valence-corrected chi connectivity index (χ2v) is 2.85. The number of nitrogens with zero attached hydrogens (tertiary/aromatic N) is 2. The standard InChI is InChI=1S/C8H14N2O/c1-11-7-6-10(5-4-9)8-2-3-8/h8H,2-3,5-7H2,1H3. The predicted octanol–water partition coefficient (Wildman–Crippen LogP) is 0.621. The van der Waals surface area contributed by atoms with E-state index >= 15 is 0 Å². The van der Waals surface area contributed by atoms with Crippen molar-refractivity contribution < 1.29 is 4.74 Å². The van der Waals surface area contributed by atoms with Crippen LogP contribution in [0.1, 0.15) is 12.8 Å². The second-order valence-electron chi connectivity index (χ2n) is 2.85. The van der Waals surface area contributed by atoms with Crippen LogP contribution in [0.5, 0.6) is 0 Å². The highest BCUT2D eigenvalue weighted by Gasteiger charge is 2.27. The average molecular weight is 154 g/mol. The minimum absolute atomic E-state index is 0.550. The van der Waals surface area contributed by atoms with Gasteiger partial charge < -0.3 is 4.74 Å². The van der Waals surface area contributed by atoms with Crippen LogP contribution in [0.25, 0.3) is 0 Å². The zero-order valence-corrected chi connectivity index (χ0v) is 6.92. The zero-order valence-electron chi connectivity index (χ0n) is 6.92. The van der Waals surface area contributed by atoms with Gasteiger partial charge in [0.1, 0.15) is 0 Å². The molecule has 0 aromatic heterocycles. The van der Waals surface area contributed by atoms with Crippen molar-refractivity contribution in [3.63, 3.8) is 0 Å². The average Bonchev–Trinajstić information content (AvgIpc) is 2.80. The SMILES string of the molecule is COCCN(CC#N)C1CC1. The first-order chi connectivity index (χ1) is 5.38. The van der Waals surface area contributed by atoms with E-state index in [1.807, 2.05) is 0 Å². The maximum atomic E-state index is 8.48. The maximum Gasteiger partial charge on any atom is 0.0869 e. The third-order valence-corrected chi connectivity index (χ3v) is 1.92. The van der Waals surface area contributed by atoms with Gasteiger partial charge in [-0.25, -0.2) is 0 Å². The van der Waals surface area contributed by atoms with E-state index in [1.54, 1.807) is 7.11 Å². The monoisotopic (exact) mass is 154 g/mol. The second kappa shape index (κ2) is 4.32. The van der Waals surface area contributed by atoms with Gasteiger partial charge in [-0.15, -0.1) is 0 Å². The molecule has 0 unspecified atom stereocenters. The molecule has 0 aliphatic heterocycles. The van der Waals surface area contributed by atoms with Gasteiger partial charge in [0.15, 0.2) is 0 Å². The van der Waals surface area contributed by atoms with Gasteiger partial charge in [-0.1, -0.05) is 0 Å². The molecule has 1 saturated carbocycles. The van der Waals surface area contributed by atoms with Crippen molar-refractivity contribution in [3.8, 4) is 6.07 Å². The molecule has 11 heavy (non-hydrogen) atoms. The molecule has 0 radical (unpaired) electrons. The molecule has 0 atom stereocenters. The first-order valence-electron chi connectivity index (χ1n) is 3.98. The smallest absolute Gasteiger partial charge is 0.0869 e. The maximum absolute atomic E-state index is 8.48.